The highest BCUT2D eigenvalue weighted by Crippen LogP contribution is 2.36. The van der Waals surface area contributed by atoms with E-state index in [4.69, 9.17) is 4.74 Å². The maximum absolute atomic E-state index is 12.6. The monoisotopic (exact) mass is 405 g/mol. The molecule has 3 aromatic carbocycles. The van der Waals surface area contributed by atoms with Crippen LogP contribution in [0.2, 0.25) is 0 Å². The number of para-hydroxylation sites is 2. The van der Waals surface area contributed by atoms with Crippen molar-refractivity contribution < 1.29 is 26.1 Å². The van der Waals surface area contributed by atoms with Crippen molar-refractivity contribution in [2.24, 2.45) is 0 Å². The molecular weight excluding hydrogens is 390 g/mol. The van der Waals surface area contributed by atoms with Crippen molar-refractivity contribution in [3.63, 3.8) is 0 Å². The van der Waals surface area contributed by atoms with Gasteiger partial charge in [0.2, 0.25) is 0 Å². The van der Waals surface area contributed by atoms with Gasteiger partial charge in [0.1, 0.15) is 16.3 Å². The topological polar surface area (TPSA) is 110 Å². The molecule has 2 N–H and O–H groups in total. The van der Waals surface area contributed by atoms with Gasteiger partial charge in [-0.25, -0.2) is 8.42 Å². The molecular formula is C18H15NO6S2. The SMILES string of the molecule is O=S(=O)(O)c1cccc(Oc2ccccc2)c1NS(=O)(=O)c1ccccc1. The molecule has 9 heteroatoms. The third kappa shape index (κ3) is 4.45. The summed E-state index contributed by atoms with van der Waals surface area (Å²) in [6, 6.07) is 19.6. The zero-order valence-corrected chi connectivity index (χ0v) is 15.4. The lowest BCUT2D eigenvalue weighted by Gasteiger charge is -2.16. The number of hydrogen-bond acceptors (Lipinski definition) is 5. The van der Waals surface area contributed by atoms with Crippen LogP contribution >= 0.6 is 0 Å². The molecule has 0 aliphatic heterocycles. The van der Waals surface area contributed by atoms with Gasteiger partial charge in [0.15, 0.2) is 5.75 Å². The summed E-state index contributed by atoms with van der Waals surface area (Å²) in [5.74, 6) is 0.293. The van der Waals surface area contributed by atoms with Crippen LogP contribution in [-0.4, -0.2) is 21.4 Å². The van der Waals surface area contributed by atoms with E-state index >= 15 is 0 Å². The molecule has 0 bridgehead atoms. The minimum absolute atomic E-state index is 0.0687. The molecule has 27 heavy (non-hydrogen) atoms. The Labute approximate surface area is 157 Å². The highest BCUT2D eigenvalue weighted by atomic mass is 32.2. The first-order valence-electron chi connectivity index (χ1n) is 7.69. The lowest BCUT2D eigenvalue weighted by molar-refractivity contribution is 0.474. The summed E-state index contributed by atoms with van der Waals surface area (Å²) < 4.78 is 66.1. The second-order valence-electron chi connectivity index (χ2n) is 5.44. The van der Waals surface area contributed by atoms with E-state index in [9.17, 15) is 21.4 Å². The first-order chi connectivity index (χ1) is 12.8. The highest BCUT2D eigenvalue weighted by molar-refractivity contribution is 7.93. The Kier molecular flexibility index (Phi) is 5.17. The van der Waals surface area contributed by atoms with Gasteiger partial charge in [0, 0.05) is 0 Å². The molecule has 0 unspecified atom stereocenters. The fourth-order valence-electron chi connectivity index (χ4n) is 2.32. The summed E-state index contributed by atoms with van der Waals surface area (Å²) in [6.07, 6.45) is 0. The van der Waals surface area contributed by atoms with Crippen molar-refractivity contribution in [1.82, 2.24) is 0 Å². The number of hydrogen-bond donors (Lipinski definition) is 2. The molecule has 0 spiro atoms. The Bertz CT molecular complexity index is 1140. The Morgan fingerprint density at radius 1 is 0.741 bits per heavy atom. The van der Waals surface area contributed by atoms with E-state index in [1.54, 1.807) is 36.4 Å². The van der Waals surface area contributed by atoms with Gasteiger partial charge in [-0.3, -0.25) is 9.27 Å². The minimum Gasteiger partial charge on any atom is -0.455 e. The van der Waals surface area contributed by atoms with Crippen molar-refractivity contribution >= 4 is 25.8 Å². The first-order valence-corrected chi connectivity index (χ1v) is 10.6. The predicted molar refractivity (Wildman–Crippen MR) is 100 cm³/mol. The van der Waals surface area contributed by atoms with Crippen molar-refractivity contribution in [2.45, 2.75) is 9.79 Å². The quantitative estimate of drug-likeness (QED) is 0.607. The van der Waals surface area contributed by atoms with Crippen molar-refractivity contribution in [2.75, 3.05) is 4.72 Å². The number of ether oxygens (including phenoxy) is 1. The standard InChI is InChI=1S/C18H15NO6S2/c20-26(21,15-10-5-2-6-11-15)19-18-16(25-14-8-3-1-4-9-14)12-7-13-17(18)27(22,23)24/h1-13,19H,(H,22,23,24). The molecule has 0 saturated heterocycles. The van der Waals surface area contributed by atoms with Gasteiger partial charge < -0.3 is 4.74 Å². The van der Waals surface area contributed by atoms with Crippen LogP contribution in [0.1, 0.15) is 0 Å². The molecule has 0 atom stereocenters. The molecule has 140 valence electrons. The first kappa shape index (κ1) is 18.9. The van der Waals surface area contributed by atoms with Crippen molar-refractivity contribution in [3.8, 4) is 11.5 Å². The molecule has 7 nitrogen and oxygen atoms in total. The normalized spacial score (nSPS) is 11.7. The molecule has 0 amide bonds. The predicted octanol–water partition coefficient (Wildman–Crippen LogP) is 3.53. The van der Waals surface area contributed by atoms with E-state index in [1.807, 2.05) is 0 Å². The van der Waals surface area contributed by atoms with Gasteiger partial charge in [-0.1, -0.05) is 42.5 Å². The summed E-state index contributed by atoms with van der Waals surface area (Å²) >= 11 is 0. The van der Waals surface area contributed by atoms with E-state index in [-0.39, 0.29) is 16.3 Å². The van der Waals surface area contributed by atoms with Crippen LogP contribution < -0.4 is 9.46 Å². The molecule has 0 aromatic heterocycles. The molecule has 0 aliphatic rings. The zero-order valence-electron chi connectivity index (χ0n) is 13.8. The van der Waals surface area contributed by atoms with E-state index in [0.717, 1.165) is 6.07 Å². The Hall–Kier alpha value is -2.88. The number of nitrogens with one attached hydrogen (secondary N) is 1. The third-order valence-electron chi connectivity index (χ3n) is 3.53. The maximum atomic E-state index is 12.6. The van der Waals surface area contributed by atoms with E-state index < -0.39 is 25.0 Å². The van der Waals surface area contributed by atoms with Gasteiger partial charge in [0.25, 0.3) is 20.1 Å². The summed E-state index contributed by atoms with van der Waals surface area (Å²) in [5.41, 5.74) is -0.382. The molecule has 3 rings (SSSR count). The van der Waals surface area contributed by atoms with E-state index in [0.29, 0.717) is 5.75 Å². The average molecular weight is 405 g/mol. The second-order valence-corrected chi connectivity index (χ2v) is 8.51. The van der Waals surface area contributed by atoms with Crippen LogP contribution in [0.5, 0.6) is 11.5 Å². The van der Waals surface area contributed by atoms with Crippen LogP contribution in [0.3, 0.4) is 0 Å². The number of rotatable bonds is 6. The van der Waals surface area contributed by atoms with Crippen molar-refractivity contribution in [1.29, 1.82) is 0 Å². The second kappa shape index (κ2) is 7.39. The van der Waals surface area contributed by atoms with E-state index in [2.05, 4.69) is 4.72 Å². The molecule has 3 aromatic rings. The summed E-state index contributed by atoms with van der Waals surface area (Å²) in [5, 5.41) is 0. The highest BCUT2D eigenvalue weighted by Gasteiger charge is 2.24. The molecule has 0 radical (unpaired) electrons. The molecule has 0 fully saturated rings. The molecule has 0 saturated carbocycles. The minimum atomic E-state index is -4.71. The fourth-order valence-corrected chi connectivity index (χ4v) is 4.16. The van der Waals surface area contributed by atoms with Gasteiger partial charge in [-0.15, -0.1) is 0 Å². The molecule has 0 heterocycles. The summed E-state index contributed by atoms with van der Waals surface area (Å²) in [6.45, 7) is 0. The zero-order chi connectivity index (χ0) is 19.5. The molecule has 0 aliphatic carbocycles. The average Bonchev–Trinajstić information content (AvgIpc) is 2.63. The largest absolute Gasteiger partial charge is 0.455 e. The van der Waals surface area contributed by atoms with Crippen LogP contribution in [-0.2, 0) is 20.1 Å². The van der Waals surface area contributed by atoms with Crippen LogP contribution in [0, 0.1) is 0 Å². The van der Waals surface area contributed by atoms with Crippen LogP contribution in [0.4, 0.5) is 5.69 Å². The maximum Gasteiger partial charge on any atom is 0.296 e. The van der Waals surface area contributed by atoms with Gasteiger partial charge in [-0.2, -0.15) is 8.42 Å². The van der Waals surface area contributed by atoms with Gasteiger partial charge >= 0.3 is 0 Å². The van der Waals surface area contributed by atoms with Crippen LogP contribution in [0.25, 0.3) is 0 Å². The van der Waals surface area contributed by atoms with E-state index in [1.165, 1.54) is 36.4 Å². The lowest BCUT2D eigenvalue weighted by atomic mass is 10.3. The smallest absolute Gasteiger partial charge is 0.296 e. The number of anilines is 1. The van der Waals surface area contributed by atoms with Crippen LogP contribution in [0.15, 0.2) is 88.7 Å². The Morgan fingerprint density at radius 3 is 1.93 bits per heavy atom. The Balaban J connectivity index is 2.11. The summed E-state index contributed by atoms with van der Waals surface area (Å²) in [7, 11) is -8.83. The van der Waals surface area contributed by atoms with Crippen molar-refractivity contribution in [3.05, 3.63) is 78.9 Å². The van der Waals surface area contributed by atoms with Gasteiger partial charge in [0.05, 0.1) is 4.90 Å². The lowest BCUT2D eigenvalue weighted by Crippen LogP contribution is -2.16. The Morgan fingerprint density at radius 2 is 1.33 bits per heavy atom. The van der Waals surface area contributed by atoms with Gasteiger partial charge in [-0.05, 0) is 36.4 Å². The number of benzene rings is 3. The fraction of sp³-hybridized carbons (Fsp3) is 0. The third-order valence-corrected chi connectivity index (χ3v) is 5.79. The number of sulfonamides is 1. The summed E-state index contributed by atoms with van der Waals surface area (Å²) in [4.78, 5) is -0.684.